The predicted octanol–water partition coefficient (Wildman–Crippen LogP) is 3.89. The number of rotatable bonds is 7. The molecule has 126 valence electrons. The van der Waals surface area contributed by atoms with Crippen molar-refractivity contribution in [2.24, 2.45) is 4.99 Å². The SMILES string of the molecule is CCNC(=NCc1cccs1)NCC(C)Oc1ccccc1.I. The number of guanidine groups is 1. The van der Waals surface area contributed by atoms with Gasteiger partial charge in [-0.05, 0) is 37.4 Å². The molecule has 0 bridgehead atoms. The molecule has 0 aliphatic heterocycles. The number of aliphatic imine (C=N–C) groups is 1. The van der Waals surface area contributed by atoms with Gasteiger partial charge in [0, 0.05) is 11.4 Å². The average molecular weight is 445 g/mol. The minimum absolute atomic E-state index is 0. The number of hydrogen-bond acceptors (Lipinski definition) is 3. The van der Waals surface area contributed by atoms with E-state index in [9.17, 15) is 0 Å². The van der Waals surface area contributed by atoms with Crippen molar-refractivity contribution in [1.29, 1.82) is 0 Å². The Balaban J connectivity index is 0.00000264. The fraction of sp³-hybridized carbons (Fsp3) is 0.353. The van der Waals surface area contributed by atoms with E-state index in [0.29, 0.717) is 13.1 Å². The summed E-state index contributed by atoms with van der Waals surface area (Å²) in [7, 11) is 0. The molecule has 4 nitrogen and oxygen atoms in total. The lowest BCUT2D eigenvalue weighted by Gasteiger charge is -2.17. The molecule has 1 atom stereocenters. The highest BCUT2D eigenvalue weighted by Gasteiger charge is 2.05. The Bertz CT molecular complexity index is 560. The molecule has 1 unspecified atom stereocenters. The molecule has 0 aliphatic carbocycles. The predicted molar refractivity (Wildman–Crippen MR) is 109 cm³/mol. The first-order valence-corrected chi connectivity index (χ1v) is 8.42. The first-order chi connectivity index (χ1) is 10.8. The monoisotopic (exact) mass is 445 g/mol. The molecular formula is C17H24IN3OS. The van der Waals surface area contributed by atoms with E-state index in [-0.39, 0.29) is 30.1 Å². The molecule has 0 fully saturated rings. The molecule has 1 heterocycles. The van der Waals surface area contributed by atoms with E-state index < -0.39 is 0 Å². The van der Waals surface area contributed by atoms with E-state index in [1.165, 1.54) is 4.88 Å². The fourth-order valence-electron chi connectivity index (χ4n) is 1.91. The van der Waals surface area contributed by atoms with Gasteiger partial charge in [0.05, 0.1) is 13.1 Å². The summed E-state index contributed by atoms with van der Waals surface area (Å²) >= 11 is 1.72. The summed E-state index contributed by atoms with van der Waals surface area (Å²) in [6, 6.07) is 14.0. The first kappa shape index (κ1) is 19.8. The van der Waals surface area contributed by atoms with Crippen molar-refractivity contribution in [1.82, 2.24) is 10.6 Å². The average Bonchev–Trinajstić information content (AvgIpc) is 3.04. The molecule has 23 heavy (non-hydrogen) atoms. The number of nitrogens with zero attached hydrogens (tertiary/aromatic N) is 1. The number of halogens is 1. The maximum Gasteiger partial charge on any atom is 0.191 e. The minimum Gasteiger partial charge on any atom is -0.489 e. The summed E-state index contributed by atoms with van der Waals surface area (Å²) in [6.45, 7) is 6.34. The van der Waals surface area contributed by atoms with E-state index in [4.69, 9.17) is 4.74 Å². The smallest absolute Gasteiger partial charge is 0.191 e. The number of benzene rings is 1. The second-order valence-electron chi connectivity index (χ2n) is 4.90. The van der Waals surface area contributed by atoms with Crippen molar-refractivity contribution in [3.8, 4) is 5.75 Å². The summed E-state index contributed by atoms with van der Waals surface area (Å²) < 4.78 is 5.85. The van der Waals surface area contributed by atoms with Crippen molar-refractivity contribution in [2.45, 2.75) is 26.5 Å². The third-order valence-corrected chi connectivity index (χ3v) is 3.82. The van der Waals surface area contributed by atoms with E-state index in [2.05, 4.69) is 34.0 Å². The van der Waals surface area contributed by atoms with Crippen LogP contribution in [-0.4, -0.2) is 25.2 Å². The Hall–Kier alpha value is -1.28. The third-order valence-electron chi connectivity index (χ3n) is 2.95. The molecule has 0 aliphatic rings. The standard InChI is InChI=1S/C17H23N3OS.HI/c1-3-18-17(20-13-16-10-7-11-22-16)19-12-14(2)21-15-8-5-4-6-9-15;/h4-11,14H,3,12-13H2,1-2H3,(H2,18,19,20);1H. The van der Waals surface area contributed by atoms with Gasteiger partial charge in [-0.25, -0.2) is 4.99 Å². The summed E-state index contributed by atoms with van der Waals surface area (Å²) in [4.78, 5) is 5.84. The highest BCUT2D eigenvalue weighted by molar-refractivity contribution is 14.0. The molecule has 6 heteroatoms. The van der Waals surface area contributed by atoms with Crippen molar-refractivity contribution < 1.29 is 4.74 Å². The van der Waals surface area contributed by atoms with Crippen LogP contribution in [0.25, 0.3) is 0 Å². The van der Waals surface area contributed by atoms with Crippen LogP contribution in [0.1, 0.15) is 18.7 Å². The molecule has 0 radical (unpaired) electrons. The van der Waals surface area contributed by atoms with Gasteiger partial charge in [0.15, 0.2) is 5.96 Å². The molecule has 0 saturated heterocycles. The highest BCUT2D eigenvalue weighted by atomic mass is 127. The Kier molecular flexibility index (Phi) is 9.70. The molecule has 1 aromatic carbocycles. The van der Waals surface area contributed by atoms with Crippen LogP contribution in [0.2, 0.25) is 0 Å². The van der Waals surface area contributed by atoms with Crippen molar-refractivity contribution in [2.75, 3.05) is 13.1 Å². The van der Waals surface area contributed by atoms with Crippen LogP contribution >= 0.6 is 35.3 Å². The van der Waals surface area contributed by atoms with Crippen LogP contribution in [0.15, 0.2) is 52.8 Å². The Morgan fingerprint density at radius 2 is 1.96 bits per heavy atom. The second-order valence-corrected chi connectivity index (χ2v) is 5.93. The minimum atomic E-state index is 0. The first-order valence-electron chi connectivity index (χ1n) is 7.54. The normalized spacial score (nSPS) is 12.2. The van der Waals surface area contributed by atoms with Crippen LogP contribution in [0.3, 0.4) is 0 Å². The van der Waals surface area contributed by atoms with Gasteiger partial charge in [-0.1, -0.05) is 24.3 Å². The molecular weight excluding hydrogens is 421 g/mol. The van der Waals surface area contributed by atoms with Crippen LogP contribution in [0, 0.1) is 0 Å². The van der Waals surface area contributed by atoms with Crippen LogP contribution < -0.4 is 15.4 Å². The van der Waals surface area contributed by atoms with Gasteiger partial charge in [-0.15, -0.1) is 35.3 Å². The van der Waals surface area contributed by atoms with Gasteiger partial charge in [0.25, 0.3) is 0 Å². The lowest BCUT2D eigenvalue weighted by atomic mass is 10.3. The number of hydrogen-bond donors (Lipinski definition) is 2. The number of nitrogens with one attached hydrogen (secondary N) is 2. The Labute approximate surface area is 159 Å². The zero-order valence-electron chi connectivity index (χ0n) is 13.5. The quantitative estimate of drug-likeness (QED) is 0.386. The van der Waals surface area contributed by atoms with E-state index >= 15 is 0 Å². The molecule has 0 amide bonds. The second kappa shape index (κ2) is 11.3. The maximum atomic E-state index is 5.85. The molecule has 2 rings (SSSR count). The third kappa shape index (κ3) is 7.69. The van der Waals surface area contributed by atoms with Crippen molar-refractivity contribution in [3.05, 3.63) is 52.7 Å². The molecule has 1 aromatic heterocycles. The van der Waals surface area contributed by atoms with Gasteiger partial charge >= 0.3 is 0 Å². The summed E-state index contributed by atoms with van der Waals surface area (Å²) in [6.07, 6.45) is 0.0630. The molecule has 2 N–H and O–H groups in total. The van der Waals surface area contributed by atoms with Gasteiger partial charge in [-0.2, -0.15) is 0 Å². The number of ether oxygens (including phenoxy) is 1. The van der Waals surface area contributed by atoms with Crippen LogP contribution in [0.4, 0.5) is 0 Å². The Morgan fingerprint density at radius 3 is 2.61 bits per heavy atom. The highest BCUT2D eigenvalue weighted by Crippen LogP contribution is 2.10. The zero-order chi connectivity index (χ0) is 15.6. The summed E-state index contributed by atoms with van der Waals surface area (Å²) in [5, 5.41) is 8.64. The fourth-order valence-corrected chi connectivity index (χ4v) is 2.54. The van der Waals surface area contributed by atoms with Crippen molar-refractivity contribution in [3.63, 3.8) is 0 Å². The van der Waals surface area contributed by atoms with E-state index in [1.54, 1.807) is 11.3 Å². The lowest BCUT2D eigenvalue weighted by Crippen LogP contribution is -2.41. The number of thiophene rings is 1. The van der Waals surface area contributed by atoms with Gasteiger partial charge in [-0.3, -0.25) is 0 Å². The number of para-hydroxylation sites is 1. The van der Waals surface area contributed by atoms with Gasteiger partial charge in [0.2, 0.25) is 0 Å². The van der Waals surface area contributed by atoms with Crippen LogP contribution in [-0.2, 0) is 6.54 Å². The molecule has 2 aromatic rings. The van der Waals surface area contributed by atoms with Crippen LogP contribution in [0.5, 0.6) is 5.75 Å². The van der Waals surface area contributed by atoms with Gasteiger partial charge < -0.3 is 15.4 Å². The summed E-state index contributed by atoms with van der Waals surface area (Å²) in [5.41, 5.74) is 0. The topological polar surface area (TPSA) is 45.7 Å². The summed E-state index contributed by atoms with van der Waals surface area (Å²) in [5.74, 6) is 1.71. The Morgan fingerprint density at radius 1 is 1.17 bits per heavy atom. The zero-order valence-corrected chi connectivity index (χ0v) is 16.6. The molecule has 0 spiro atoms. The van der Waals surface area contributed by atoms with Crippen molar-refractivity contribution >= 4 is 41.3 Å². The maximum absolute atomic E-state index is 5.85. The van der Waals surface area contributed by atoms with Gasteiger partial charge in [0.1, 0.15) is 11.9 Å². The largest absolute Gasteiger partial charge is 0.489 e. The van der Waals surface area contributed by atoms with E-state index in [0.717, 1.165) is 18.3 Å². The lowest BCUT2D eigenvalue weighted by molar-refractivity contribution is 0.224. The molecule has 0 saturated carbocycles. The van der Waals surface area contributed by atoms with E-state index in [1.807, 2.05) is 43.3 Å².